The average molecular weight is 269 g/mol. The summed E-state index contributed by atoms with van der Waals surface area (Å²) in [5, 5.41) is 9.81. The molecule has 2 rings (SSSR count). The Hall–Kier alpha value is -0.940. The molecule has 0 bridgehead atoms. The predicted molar refractivity (Wildman–Crippen MR) is 73.1 cm³/mol. The largest absolute Gasteiger partial charge is 0.502 e. The molecule has 4 nitrogen and oxygen atoms in total. The van der Waals surface area contributed by atoms with Crippen LogP contribution in [-0.2, 0) is 6.54 Å². The van der Waals surface area contributed by atoms with E-state index in [1.54, 1.807) is 0 Å². The third-order valence-corrected chi connectivity index (χ3v) is 4.71. The summed E-state index contributed by atoms with van der Waals surface area (Å²) in [6, 6.07) is 1.91. The minimum Gasteiger partial charge on any atom is -0.502 e. The number of rotatable bonds is 4. The first-order valence-corrected chi connectivity index (χ1v) is 7.44. The highest BCUT2D eigenvalue weighted by Crippen LogP contribution is 2.32. The molecule has 0 unspecified atom stereocenters. The van der Waals surface area contributed by atoms with Crippen molar-refractivity contribution in [2.75, 3.05) is 13.3 Å². The molecule has 1 N–H and O–H groups in total. The Kier molecular flexibility index (Phi) is 4.35. The van der Waals surface area contributed by atoms with Crippen LogP contribution in [0.1, 0.15) is 25.0 Å². The van der Waals surface area contributed by atoms with Gasteiger partial charge in [-0.3, -0.25) is 9.69 Å². The molecule has 18 heavy (non-hydrogen) atoms. The summed E-state index contributed by atoms with van der Waals surface area (Å²) < 4.78 is 5.24. The topological polar surface area (TPSA) is 53.7 Å². The molecule has 1 aliphatic rings. The lowest BCUT2D eigenvalue weighted by Crippen LogP contribution is -2.35. The van der Waals surface area contributed by atoms with Crippen LogP contribution in [0.4, 0.5) is 0 Å². The van der Waals surface area contributed by atoms with E-state index >= 15 is 0 Å². The second-order valence-corrected chi connectivity index (χ2v) is 5.86. The van der Waals surface area contributed by atoms with Gasteiger partial charge in [-0.15, -0.1) is 0 Å². The van der Waals surface area contributed by atoms with E-state index in [-0.39, 0.29) is 11.2 Å². The number of hydrogen-bond donors (Lipinski definition) is 1. The molecular weight excluding hydrogens is 250 g/mol. The average Bonchev–Trinajstić information content (AvgIpc) is 2.82. The van der Waals surface area contributed by atoms with E-state index in [2.05, 4.69) is 18.2 Å². The van der Waals surface area contributed by atoms with Gasteiger partial charge < -0.3 is 9.52 Å². The van der Waals surface area contributed by atoms with E-state index in [0.29, 0.717) is 23.6 Å². The fourth-order valence-electron chi connectivity index (χ4n) is 2.58. The maximum absolute atomic E-state index is 11.3. The highest BCUT2D eigenvalue weighted by molar-refractivity contribution is 7.99. The van der Waals surface area contributed by atoms with Crippen LogP contribution in [0.25, 0.3) is 0 Å². The molecule has 1 aromatic heterocycles. The van der Waals surface area contributed by atoms with E-state index in [9.17, 15) is 4.79 Å². The molecule has 1 aliphatic carbocycles. The van der Waals surface area contributed by atoms with Crippen molar-refractivity contribution in [3.8, 4) is 5.75 Å². The smallest absolute Gasteiger partial charge is 0.226 e. The van der Waals surface area contributed by atoms with Gasteiger partial charge in [0.05, 0.1) is 6.54 Å². The van der Waals surface area contributed by atoms with Gasteiger partial charge in [-0.25, -0.2) is 0 Å². The highest BCUT2D eigenvalue weighted by Gasteiger charge is 2.29. The highest BCUT2D eigenvalue weighted by atomic mass is 32.2. The van der Waals surface area contributed by atoms with Crippen molar-refractivity contribution in [1.29, 1.82) is 0 Å². The van der Waals surface area contributed by atoms with Crippen LogP contribution in [0.15, 0.2) is 21.5 Å². The SMILES string of the molecule is CS[C@@H]1CCC[C@@H]1N(C)Cc1cc(=O)c(O)co1. The first-order chi connectivity index (χ1) is 8.61. The number of nitrogens with zero attached hydrogens (tertiary/aromatic N) is 1. The Labute approximate surface area is 111 Å². The van der Waals surface area contributed by atoms with Gasteiger partial charge in [-0.1, -0.05) is 6.42 Å². The first kappa shape index (κ1) is 13.5. The molecule has 100 valence electrons. The molecule has 1 aromatic rings. The van der Waals surface area contributed by atoms with Gasteiger partial charge >= 0.3 is 0 Å². The maximum Gasteiger partial charge on any atom is 0.226 e. The number of hydrogen-bond acceptors (Lipinski definition) is 5. The van der Waals surface area contributed by atoms with Gasteiger partial charge in [0.15, 0.2) is 5.75 Å². The zero-order valence-electron chi connectivity index (χ0n) is 10.8. The van der Waals surface area contributed by atoms with Crippen molar-refractivity contribution in [1.82, 2.24) is 4.90 Å². The first-order valence-electron chi connectivity index (χ1n) is 6.15. The van der Waals surface area contributed by atoms with Crippen LogP contribution >= 0.6 is 11.8 Å². The van der Waals surface area contributed by atoms with E-state index in [1.165, 1.54) is 25.3 Å². The molecule has 0 saturated heterocycles. The monoisotopic (exact) mass is 269 g/mol. The zero-order valence-corrected chi connectivity index (χ0v) is 11.6. The minimum absolute atomic E-state index is 0.329. The number of thioether (sulfide) groups is 1. The molecule has 0 aromatic carbocycles. The van der Waals surface area contributed by atoms with E-state index in [4.69, 9.17) is 9.52 Å². The lowest BCUT2D eigenvalue weighted by Gasteiger charge is -2.28. The van der Waals surface area contributed by atoms with Crippen LogP contribution in [0.3, 0.4) is 0 Å². The van der Waals surface area contributed by atoms with E-state index in [1.807, 2.05) is 11.8 Å². The minimum atomic E-state index is -0.377. The van der Waals surface area contributed by atoms with Crippen molar-refractivity contribution >= 4 is 11.8 Å². The Morgan fingerprint density at radius 1 is 1.56 bits per heavy atom. The van der Waals surface area contributed by atoms with Gasteiger partial charge in [0.2, 0.25) is 5.43 Å². The summed E-state index contributed by atoms with van der Waals surface area (Å²) in [5.41, 5.74) is -0.377. The van der Waals surface area contributed by atoms with Crippen molar-refractivity contribution in [3.63, 3.8) is 0 Å². The lowest BCUT2D eigenvalue weighted by molar-refractivity contribution is 0.220. The van der Waals surface area contributed by atoms with E-state index in [0.717, 1.165) is 6.26 Å². The summed E-state index contributed by atoms with van der Waals surface area (Å²) in [6.07, 6.45) is 6.99. The second-order valence-electron chi connectivity index (χ2n) is 4.78. The Morgan fingerprint density at radius 3 is 3.00 bits per heavy atom. The predicted octanol–water partition coefficient (Wildman–Crippen LogP) is 2.06. The van der Waals surface area contributed by atoms with Crippen LogP contribution in [-0.4, -0.2) is 34.6 Å². The van der Waals surface area contributed by atoms with Crippen LogP contribution in [0.5, 0.6) is 5.75 Å². The molecule has 0 spiro atoms. The Bertz CT molecular complexity index is 460. The van der Waals surface area contributed by atoms with Crippen molar-refractivity contribution in [3.05, 3.63) is 28.3 Å². The molecule has 0 aliphatic heterocycles. The lowest BCUT2D eigenvalue weighted by atomic mass is 10.2. The second kappa shape index (κ2) is 5.80. The molecule has 5 heteroatoms. The quantitative estimate of drug-likeness (QED) is 0.906. The summed E-state index contributed by atoms with van der Waals surface area (Å²) in [5.74, 6) is 0.274. The van der Waals surface area contributed by atoms with Crippen molar-refractivity contribution in [2.45, 2.75) is 37.1 Å². The van der Waals surface area contributed by atoms with Crippen LogP contribution in [0.2, 0.25) is 0 Å². The molecule has 0 amide bonds. The van der Waals surface area contributed by atoms with Gasteiger partial charge in [-0.05, 0) is 26.1 Å². The normalized spacial score (nSPS) is 23.7. The summed E-state index contributed by atoms with van der Waals surface area (Å²) in [6.45, 7) is 0.608. The number of aromatic hydroxyl groups is 1. The van der Waals surface area contributed by atoms with Gasteiger partial charge in [0, 0.05) is 17.4 Å². The third-order valence-electron chi connectivity index (χ3n) is 3.56. The molecular formula is C13H19NO3S. The Morgan fingerprint density at radius 2 is 2.33 bits per heavy atom. The van der Waals surface area contributed by atoms with Gasteiger partial charge in [0.25, 0.3) is 0 Å². The fraction of sp³-hybridized carbons (Fsp3) is 0.615. The van der Waals surface area contributed by atoms with Crippen LogP contribution in [0, 0.1) is 0 Å². The molecule has 1 fully saturated rings. The van der Waals surface area contributed by atoms with Crippen LogP contribution < -0.4 is 5.43 Å². The van der Waals surface area contributed by atoms with Gasteiger partial charge in [0.1, 0.15) is 12.0 Å². The molecule has 0 radical (unpaired) electrons. The summed E-state index contributed by atoms with van der Waals surface area (Å²) >= 11 is 1.91. The molecule has 2 atom stereocenters. The van der Waals surface area contributed by atoms with E-state index < -0.39 is 0 Å². The standard InChI is InChI=1S/C13H19NO3S/c1-14(10-4-3-5-13(10)18-2)7-9-6-11(15)12(16)8-17-9/h6,8,10,13,16H,3-5,7H2,1-2H3/t10-,13+/m0/s1. The zero-order chi connectivity index (χ0) is 13.1. The maximum atomic E-state index is 11.3. The third kappa shape index (κ3) is 2.90. The molecule has 1 heterocycles. The van der Waals surface area contributed by atoms with Crippen molar-refractivity contribution < 1.29 is 9.52 Å². The van der Waals surface area contributed by atoms with Gasteiger partial charge in [-0.2, -0.15) is 11.8 Å². The summed E-state index contributed by atoms with van der Waals surface area (Å²) in [4.78, 5) is 13.6. The Balaban J connectivity index is 2.04. The summed E-state index contributed by atoms with van der Waals surface area (Å²) in [7, 11) is 2.06. The van der Waals surface area contributed by atoms with Crippen molar-refractivity contribution in [2.24, 2.45) is 0 Å². The fourth-order valence-corrected chi connectivity index (χ4v) is 3.64. The molecule has 1 saturated carbocycles.